The Labute approximate surface area is 160 Å². The molecule has 0 bridgehead atoms. The van der Waals surface area contributed by atoms with Crippen molar-refractivity contribution in [3.05, 3.63) is 82.6 Å². The summed E-state index contributed by atoms with van der Waals surface area (Å²) < 4.78 is 4.94. The number of benzene rings is 2. The number of esters is 1. The first-order chi connectivity index (χ1) is 13.1. The van der Waals surface area contributed by atoms with Crippen molar-refractivity contribution in [2.24, 2.45) is 0 Å². The summed E-state index contributed by atoms with van der Waals surface area (Å²) in [5, 5.41) is 4.23. The van der Waals surface area contributed by atoms with E-state index in [4.69, 9.17) is 4.74 Å². The van der Waals surface area contributed by atoms with Crippen LogP contribution in [0.5, 0.6) is 0 Å². The molecule has 0 unspecified atom stereocenters. The van der Waals surface area contributed by atoms with Crippen LogP contribution in [0.2, 0.25) is 0 Å². The fourth-order valence-electron chi connectivity index (χ4n) is 2.41. The summed E-state index contributed by atoms with van der Waals surface area (Å²) in [6, 6.07) is 20.3. The third kappa shape index (κ3) is 5.12. The minimum atomic E-state index is -0.658. The average molecular weight is 379 g/mol. The van der Waals surface area contributed by atoms with E-state index in [1.165, 1.54) is 11.3 Å². The Morgan fingerprint density at radius 3 is 2.22 bits per heavy atom. The van der Waals surface area contributed by atoms with Gasteiger partial charge in [0.05, 0.1) is 4.88 Å². The number of Topliss-reactive ketones (excluding diaryl/α,β-unsaturated/α-hetero) is 1. The van der Waals surface area contributed by atoms with Crippen molar-refractivity contribution in [1.29, 1.82) is 0 Å². The number of carbonyl (C=O) groups is 3. The zero-order valence-corrected chi connectivity index (χ0v) is 15.2. The summed E-state index contributed by atoms with van der Waals surface area (Å²) in [6.07, 6.45) is 0. The number of hydrogen-bond donors (Lipinski definition) is 1. The minimum Gasteiger partial charge on any atom is -0.456 e. The van der Waals surface area contributed by atoms with Crippen LogP contribution in [0.3, 0.4) is 0 Å². The number of carbonyl (C=O) groups excluding carboxylic acids is 3. The van der Waals surface area contributed by atoms with Crippen LogP contribution in [-0.4, -0.2) is 30.8 Å². The smallest absolute Gasteiger partial charge is 0.325 e. The van der Waals surface area contributed by atoms with Crippen molar-refractivity contribution < 1.29 is 19.1 Å². The van der Waals surface area contributed by atoms with E-state index < -0.39 is 5.97 Å². The average Bonchev–Trinajstić information content (AvgIpc) is 3.26. The maximum Gasteiger partial charge on any atom is 0.325 e. The van der Waals surface area contributed by atoms with Gasteiger partial charge in [0, 0.05) is 5.56 Å². The van der Waals surface area contributed by atoms with Gasteiger partial charge in [0.1, 0.15) is 6.54 Å². The van der Waals surface area contributed by atoms with E-state index in [-0.39, 0.29) is 24.8 Å². The molecule has 0 aliphatic carbocycles. The molecule has 27 heavy (non-hydrogen) atoms. The summed E-state index contributed by atoms with van der Waals surface area (Å²) >= 11 is 1.28. The normalized spacial score (nSPS) is 10.2. The lowest BCUT2D eigenvalue weighted by atomic mass is 10.0. The van der Waals surface area contributed by atoms with E-state index in [1.807, 2.05) is 42.5 Å². The van der Waals surface area contributed by atoms with E-state index in [9.17, 15) is 14.4 Å². The number of rotatable bonds is 7. The van der Waals surface area contributed by atoms with Crippen LogP contribution in [0.15, 0.2) is 72.1 Å². The number of amides is 1. The number of nitrogens with one attached hydrogen (secondary N) is 1. The van der Waals surface area contributed by atoms with Crippen LogP contribution in [0.4, 0.5) is 0 Å². The lowest BCUT2D eigenvalue weighted by Crippen LogP contribution is -2.31. The molecule has 1 N–H and O–H groups in total. The lowest BCUT2D eigenvalue weighted by molar-refractivity contribution is -0.141. The van der Waals surface area contributed by atoms with Crippen LogP contribution < -0.4 is 5.32 Å². The number of thiophene rings is 1. The van der Waals surface area contributed by atoms with Crippen molar-refractivity contribution in [2.75, 3.05) is 13.2 Å². The summed E-state index contributed by atoms with van der Waals surface area (Å²) in [4.78, 5) is 36.1. The van der Waals surface area contributed by atoms with Crippen LogP contribution in [0, 0.1) is 0 Å². The van der Waals surface area contributed by atoms with E-state index in [2.05, 4.69) is 5.32 Å². The van der Waals surface area contributed by atoms with Gasteiger partial charge in [-0.3, -0.25) is 14.4 Å². The number of ether oxygens (including phenoxy) is 1. The summed E-state index contributed by atoms with van der Waals surface area (Å²) in [5.41, 5.74) is 2.52. The van der Waals surface area contributed by atoms with E-state index in [1.54, 1.807) is 29.6 Å². The van der Waals surface area contributed by atoms with Gasteiger partial charge in [0.15, 0.2) is 12.4 Å². The Bertz CT molecular complexity index is 919. The summed E-state index contributed by atoms with van der Waals surface area (Å²) in [5.74, 6) is -1.30. The first kappa shape index (κ1) is 18.5. The van der Waals surface area contributed by atoms with Gasteiger partial charge in [0.2, 0.25) is 0 Å². The standard InChI is InChI=1S/C21H17NO4S/c23-18(14-26-20(24)13-22-21(25)19-7-4-12-27-19)17-10-8-16(9-11-17)15-5-2-1-3-6-15/h1-12H,13-14H2,(H,22,25). The fourth-order valence-corrected chi connectivity index (χ4v) is 3.05. The Morgan fingerprint density at radius 2 is 1.56 bits per heavy atom. The molecule has 136 valence electrons. The molecule has 2 aromatic carbocycles. The Hall–Kier alpha value is -3.25. The first-order valence-corrected chi connectivity index (χ1v) is 9.17. The first-order valence-electron chi connectivity index (χ1n) is 8.29. The van der Waals surface area contributed by atoms with Gasteiger partial charge < -0.3 is 10.1 Å². The SMILES string of the molecule is O=C(CNC(=O)c1cccs1)OCC(=O)c1ccc(-c2ccccc2)cc1. The van der Waals surface area contributed by atoms with Crippen LogP contribution >= 0.6 is 11.3 Å². The zero-order valence-electron chi connectivity index (χ0n) is 14.4. The molecule has 0 saturated carbocycles. The maximum atomic E-state index is 12.2. The van der Waals surface area contributed by atoms with Gasteiger partial charge >= 0.3 is 5.97 Å². The highest BCUT2D eigenvalue weighted by Gasteiger charge is 2.12. The van der Waals surface area contributed by atoms with Gasteiger partial charge in [-0.15, -0.1) is 11.3 Å². The largest absolute Gasteiger partial charge is 0.456 e. The number of ketones is 1. The quantitative estimate of drug-likeness (QED) is 0.503. The molecule has 6 heteroatoms. The molecular weight excluding hydrogens is 362 g/mol. The molecule has 5 nitrogen and oxygen atoms in total. The van der Waals surface area contributed by atoms with Crippen molar-refractivity contribution >= 4 is 29.0 Å². The molecule has 3 rings (SSSR count). The van der Waals surface area contributed by atoms with Crippen molar-refractivity contribution in [2.45, 2.75) is 0 Å². The molecule has 0 spiro atoms. The summed E-state index contributed by atoms with van der Waals surface area (Å²) in [6.45, 7) is -0.644. The Kier molecular flexibility index (Phi) is 6.12. The molecule has 1 heterocycles. The topological polar surface area (TPSA) is 72.5 Å². The Morgan fingerprint density at radius 1 is 0.852 bits per heavy atom. The van der Waals surface area contributed by atoms with E-state index in [0.717, 1.165) is 11.1 Å². The predicted octanol–water partition coefficient (Wildman–Crippen LogP) is 3.57. The molecule has 0 radical (unpaired) electrons. The second kappa shape index (κ2) is 8.91. The van der Waals surface area contributed by atoms with Gasteiger partial charge in [-0.2, -0.15) is 0 Å². The predicted molar refractivity (Wildman–Crippen MR) is 104 cm³/mol. The summed E-state index contributed by atoms with van der Waals surface area (Å²) in [7, 11) is 0. The van der Waals surface area contributed by atoms with E-state index >= 15 is 0 Å². The molecule has 0 atom stereocenters. The number of hydrogen-bond acceptors (Lipinski definition) is 5. The second-order valence-corrected chi connectivity index (χ2v) is 6.63. The van der Waals surface area contributed by atoms with Crippen molar-refractivity contribution in [1.82, 2.24) is 5.32 Å². The molecule has 1 amide bonds. The van der Waals surface area contributed by atoms with E-state index in [0.29, 0.717) is 10.4 Å². The van der Waals surface area contributed by atoms with Gasteiger partial charge in [-0.05, 0) is 22.6 Å². The van der Waals surface area contributed by atoms with Crippen LogP contribution in [0.1, 0.15) is 20.0 Å². The maximum absolute atomic E-state index is 12.2. The van der Waals surface area contributed by atoms with Gasteiger partial charge in [0.25, 0.3) is 5.91 Å². The zero-order chi connectivity index (χ0) is 19.1. The molecule has 0 aliphatic rings. The van der Waals surface area contributed by atoms with Crippen LogP contribution in [-0.2, 0) is 9.53 Å². The molecule has 3 aromatic rings. The van der Waals surface area contributed by atoms with Gasteiger partial charge in [-0.25, -0.2) is 0 Å². The molecule has 0 saturated heterocycles. The van der Waals surface area contributed by atoms with Crippen LogP contribution in [0.25, 0.3) is 11.1 Å². The Balaban J connectivity index is 1.47. The highest BCUT2D eigenvalue weighted by Crippen LogP contribution is 2.19. The van der Waals surface area contributed by atoms with Crippen molar-refractivity contribution in [3.63, 3.8) is 0 Å². The fraction of sp³-hybridized carbons (Fsp3) is 0.0952. The van der Waals surface area contributed by atoms with Gasteiger partial charge in [-0.1, -0.05) is 60.7 Å². The highest BCUT2D eigenvalue weighted by molar-refractivity contribution is 7.12. The van der Waals surface area contributed by atoms with Crippen molar-refractivity contribution in [3.8, 4) is 11.1 Å². The lowest BCUT2D eigenvalue weighted by Gasteiger charge is -2.06. The minimum absolute atomic E-state index is 0.281. The third-order valence-corrected chi connectivity index (χ3v) is 4.69. The molecular formula is C21H17NO4S. The monoisotopic (exact) mass is 379 g/mol. The second-order valence-electron chi connectivity index (χ2n) is 5.69. The highest BCUT2D eigenvalue weighted by atomic mass is 32.1. The molecule has 1 aromatic heterocycles. The molecule has 0 aliphatic heterocycles. The molecule has 0 fully saturated rings. The third-order valence-electron chi connectivity index (χ3n) is 3.82.